The fourth-order valence-corrected chi connectivity index (χ4v) is 5.05. The van der Waals surface area contributed by atoms with Crippen LogP contribution in [0.25, 0.3) is 28.4 Å². The number of aromatic amines is 1. The number of amides is 2. The molecule has 35 heavy (non-hydrogen) atoms. The number of benzene rings is 2. The molecule has 174 valence electrons. The molecule has 2 fully saturated rings. The third-order valence-electron chi connectivity index (χ3n) is 6.92. The van der Waals surface area contributed by atoms with Gasteiger partial charge in [0.05, 0.1) is 5.69 Å². The van der Waals surface area contributed by atoms with Gasteiger partial charge in [-0.3, -0.25) is 14.6 Å². The van der Waals surface area contributed by atoms with Crippen molar-refractivity contribution >= 4 is 28.9 Å². The zero-order valence-electron chi connectivity index (χ0n) is 19.0. The highest BCUT2D eigenvalue weighted by molar-refractivity contribution is 5.97. The van der Waals surface area contributed by atoms with Crippen LogP contribution >= 0.6 is 0 Å². The van der Waals surface area contributed by atoms with Crippen LogP contribution < -0.4 is 0 Å². The van der Waals surface area contributed by atoms with Gasteiger partial charge in [-0.1, -0.05) is 36.4 Å². The molecule has 6 rings (SSSR count). The van der Waals surface area contributed by atoms with E-state index in [0.717, 1.165) is 22.3 Å². The second kappa shape index (κ2) is 8.79. The maximum absolute atomic E-state index is 13.0. The van der Waals surface area contributed by atoms with E-state index in [1.165, 1.54) is 0 Å². The Morgan fingerprint density at radius 1 is 0.857 bits per heavy atom. The van der Waals surface area contributed by atoms with Crippen LogP contribution in [0.15, 0.2) is 72.9 Å². The lowest BCUT2D eigenvalue weighted by Gasteiger charge is -2.21. The van der Waals surface area contributed by atoms with Crippen LogP contribution in [-0.2, 0) is 4.79 Å². The van der Waals surface area contributed by atoms with E-state index in [1.807, 2.05) is 58.3 Å². The Hall–Kier alpha value is -4.33. The summed E-state index contributed by atoms with van der Waals surface area (Å²) in [6, 6.07) is 19.3. The molecule has 2 aliphatic rings. The molecule has 8 nitrogen and oxygen atoms in total. The van der Waals surface area contributed by atoms with E-state index in [-0.39, 0.29) is 11.8 Å². The number of nitrogens with zero attached hydrogens (tertiary/aromatic N) is 5. The second-order valence-electron chi connectivity index (χ2n) is 9.18. The lowest BCUT2D eigenvalue weighted by Crippen LogP contribution is -2.35. The van der Waals surface area contributed by atoms with Crippen LogP contribution in [0.4, 0.5) is 0 Å². The number of pyridine rings is 1. The number of hydrogen-bond acceptors (Lipinski definition) is 5. The molecular formula is C27H24N6O2. The smallest absolute Gasteiger partial charge is 0.253 e. The highest BCUT2D eigenvalue weighted by atomic mass is 16.2. The largest absolute Gasteiger partial charge is 0.338 e. The van der Waals surface area contributed by atoms with Crippen molar-refractivity contribution in [3.05, 3.63) is 84.1 Å². The summed E-state index contributed by atoms with van der Waals surface area (Å²) >= 11 is 0. The number of aromatic nitrogens is 4. The van der Waals surface area contributed by atoms with Gasteiger partial charge in [0.2, 0.25) is 5.91 Å². The van der Waals surface area contributed by atoms with Crippen molar-refractivity contribution in [2.75, 3.05) is 26.2 Å². The molecule has 0 aliphatic carbocycles. The van der Waals surface area contributed by atoms with E-state index in [0.29, 0.717) is 49.1 Å². The fourth-order valence-electron chi connectivity index (χ4n) is 5.05. The van der Waals surface area contributed by atoms with Crippen molar-refractivity contribution < 1.29 is 9.59 Å². The minimum absolute atomic E-state index is 0.000830. The molecule has 2 amide bonds. The van der Waals surface area contributed by atoms with E-state index in [9.17, 15) is 9.59 Å². The van der Waals surface area contributed by atoms with E-state index in [1.54, 1.807) is 30.5 Å². The zero-order chi connectivity index (χ0) is 23.8. The van der Waals surface area contributed by atoms with Crippen LogP contribution in [0.3, 0.4) is 0 Å². The van der Waals surface area contributed by atoms with Gasteiger partial charge in [0, 0.05) is 61.4 Å². The van der Waals surface area contributed by atoms with Crippen LogP contribution in [0.5, 0.6) is 0 Å². The summed E-state index contributed by atoms with van der Waals surface area (Å²) in [5.41, 5.74) is 4.90. The molecule has 2 aromatic heterocycles. The SMILES string of the molecule is O=C(/C=C/c1ccc(-c2ccccc2)nc1)N1CC2CN(C(=O)c3ccc4n[nH]nc4c3)CC2C1. The van der Waals surface area contributed by atoms with Crippen molar-refractivity contribution in [2.45, 2.75) is 0 Å². The Morgan fingerprint density at radius 2 is 1.60 bits per heavy atom. The summed E-state index contributed by atoms with van der Waals surface area (Å²) in [5.74, 6) is 0.618. The monoisotopic (exact) mass is 464 g/mol. The highest BCUT2D eigenvalue weighted by Crippen LogP contribution is 2.32. The van der Waals surface area contributed by atoms with Crippen molar-refractivity contribution in [3.63, 3.8) is 0 Å². The molecule has 2 aliphatic heterocycles. The first-order chi connectivity index (χ1) is 17.1. The van der Waals surface area contributed by atoms with Gasteiger partial charge >= 0.3 is 0 Å². The highest BCUT2D eigenvalue weighted by Gasteiger charge is 2.42. The average molecular weight is 465 g/mol. The van der Waals surface area contributed by atoms with E-state index in [4.69, 9.17) is 0 Å². The summed E-state index contributed by atoms with van der Waals surface area (Å²) in [6.07, 6.45) is 5.22. The molecule has 1 N–H and O–H groups in total. The standard InChI is InChI=1S/C27H24N6O2/c34-26(11-7-18-6-9-23(28-13-18)19-4-2-1-3-5-19)32-14-21-16-33(17-22(21)15-32)27(35)20-8-10-24-25(12-20)30-31-29-24/h1-13,21-22H,14-17H2,(H,29,30,31)/b11-7+. The summed E-state index contributed by atoms with van der Waals surface area (Å²) in [7, 11) is 0. The van der Waals surface area contributed by atoms with Crippen molar-refractivity contribution in [3.8, 4) is 11.3 Å². The number of rotatable bonds is 4. The number of hydrogen-bond donors (Lipinski definition) is 1. The molecule has 0 bridgehead atoms. The van der Waals surface area contributed by atoms with Crippen molar-refractivity contribution in [1.29, 1.82) is 0 Å². The molecular weight excluding hydrogens is 440 g/mol. The number of fused-ring (bicyclic) bond motifs is 2. The Labute approximate surface area is 202 Å². The molecule has 8 heteroatoms. The Morgan fingerprint density at radius 3 is 2.34 bits per heavy atom. The van der Waals surface area contributed by atoms with Gasteiger partial charge in [-0.25, -0.2) is 0 Å². The molecule has 2 aromatic carbocycles. The van der Waals surface area contributed by atoms with Crippen LogP contribution in [-0.4, -0.2) is 68.2 Å². The first-order valence-corrected chi connectivity index (χ1v) is 11.7. The van der Waals surface area contributed by atoms with Gasteiger partial charge < -0.3 is 9.80 Å². The number of carbonyl (C=O) groups is 2. The second-order valence-corrected chi connectivity index (χ2v) is 9.18. The maximum atomic E-state index is 13.0. The third-order valence-corrected chi connectivity index (χ3v) is 6.92. The van der Waals surface area contributed by atoms with Gasteiger partial charge in [0.15, 0.2) is 0 Å². The summed E-state index contributed by atoms with van der Waals surface area (Å²) < 4.78 is 0. The summed E-state index contributed by atoms with van der Waals surface area (Å²) in [6.45, 7) is 2.67. The lowest BCUT2D eigenvalue weighted by atomic mass is 10.0. The van der Waals surface area contributed by atoms with Gasteiger partial charge in [-0.05, 0) is 35.9 Å². The Balaban J connectivity index is 1.05. The maximum Gasteiger partial charge on any atom is 0.253 e. The molecule has 2 saturated heterocycles. The van der Waals surface area contributed by atoms with Gasteiger partial charge in [0.25, 0.3) is 5.91 Å². The number of likely N-dealkylation sites (tertiary alicyclic amines) is 2. The molecule has 0 spiro atoms. The molecule has 4 heterocycles. The fraction of sp³-hybridized carbons (Fsp3) is 0.222. The first-order valence-electron chi connectivity index (χ1n) is 11.7. The van der Waals surface area contributed by atoms with Crippen LogP contribution in [0.1, 0.15) is 15.9 Å². The third kappa shape index (κ3) is 4.19. The average Bonchev–Trinajstić information content (AvgIpc) is 3.62. The van der Waals surface area contributed by atoms with E-state index >= 15 is 0 Å². The number of H-pyrrole nitrogens is 1. The van der Waals surface area contributed by atoms with Crippen LogP contribution in [0.2, 0.25) is 0 Å². The first kappa shape index (κ1) is 21.2. The molecule has 0 saturated carbocycles. The van der Waals surface area contributed by atoms with E-state index in [2.05, 4.69) is 20.4 Å². The number of carbonyl (C=O) groups excluding carboxylic acids is 2. The molecule has 2 unspecified atom stereocenters. The predicted molar refractivity (Wildman–Crippen MR) is 132 cm³/mol. The zero-order valence-corrected chi connectivity index (χ0v) is 19.0. The Bertz CT molecular complexity index is 1400. The van der Waals surface area contributed by atoms with Gasteiger partial charge in [0.1, 0.15) is 11.0 Å². The van der Waals surface area contributed by atoms with E-state index < -0.39 is 0 Å². The minimum Gasteiger partial charge on any atom is -0.338 e. The molecule has 2 atom stereocenters. The topological polar surface area (TPSA) is 95.1 Å². The molecule has 4 aromatic rings. The quantitative estimate of drug-likeness (QED) is 0.468. The molecule has 0 radical (unpaired) electrons. The minimum atomic E-state index is 0.000830. The number of nitrogens with one attached hydrogen (secondary N) is 1. The predicted octanol–water partition coefficient (Wildman–Crippen LogP) is 3.26. The lowest BCUT2D eigenvalue weighted by molar-refractivity contribution is -0.125. The Kier molecular flexibility index (Phi) is 5.33. The van der Waals surface area contributed by atoms with Crippen molar-refractivity contribution in [2.24, 2.45) is 11.8 Å². The van der Waals surface area contributed by atoms with Gasteiger partial charge in [-0.15, -0.1) is 0 Å². The van der Waals surface area contributed by atoms with Crippen molar-refractivity contribution in [1.82, 2.24) is 30.2 Å². The van der Waals surface area contributed by atoms with Gasteiger partial charge in [-0.2, -0.15) is 15.4 Å². The van der Waals surface area contributed by atoms with Crippen LogP contribution in [0, 0.1) is 11.8 Å². The summed E-state index contributed by atoms with van der Waals surface area (Å²) in [5, 5.41) is 10.7. The normalized spacial score (nSPS) is 19.5. The summed E-state index contributed by atoms with van der Waals surface area (Å²) in [4.78, 5) is 34.1.